The maximum absolute atomic E-state index is 5.93. The van der Waals surface area contributed by atoms with Crippen molar-refractivity contribution in [1.82, 2.24) is 10.6 Å². The second kappa shape index (κ2) is 7.86. The SMILES string of the molecule is CCN=C(NC1CCCC(SCC)C1)NC1C2CCOC2C1(C)C. The summed E-state index contributed by atoms with van der Waals surface area (Å²) in [6.07, 6.45) is 6.87. The molecule has 2 aliphatic carbocycles. The first-order valence-electron chi connectivity index (χ1n) is 9.87. The molecule has 0 aromatic rings. The predicted octanol–water partition coefficient (Wildman–Crippen LogP) is 3.42. The highest BCUT2D eigenvalue weighted by atomic mass is 32.2. The van der Waals surface area contributed by atoms with Crippen molar-refractivity contribution in [3.8, 4) is 0 Å². The van der Waals surface area contributed by atoms with E-state index in [4.69, 9.17) is 9.73 Å². The van der Waals surface area contributed by atoms with E-state index in [9.17, 15) is 0 Å². The molecule has 2 N–H and O–H groups in total. The van der Waals surface area contributed by atoms with Crippen molar-refractivity contribution in [3.63, 3.8) is 0 Å². The summed E-state index contributed by atoms with van der Waals surface area (Å²) >= 11 is 2.12. The zero-order valence-corrected chi connectivity index (χ0v) is 16.6. The van der Waals surface area contributed by atoms with Crippen molar-refractivity contribution >= 4 is 17.7 Å². The molecule has 0 amide bonds. The van der Waals surface area contributed by atoms with Gasteiger partial charge in [-0.05, 0) is 38.4 Å². The van der Waals surface area contributed by atoms with Gasteiger partial charge in [0, 0.05) is 41.8 Å². The fourth-order valence-electron chi connectivity index (χ4n) is 4.91. The Morgan fingerprint density at radius 1 is 1.21 bits per heavy atom. The van der Waals surface area contributed by atoms with Crippen molar-refractivity contribution < 1.29 is 4.74 Å². The third-order valence-corrected chi connectivity index (χ3v) is 7.31. The minimum absolute atomic E-state index is 0.199. The number of hydrogen-bond acceptors (Lipinski definition) is 3. The van der Waals surface area contributed by atoms with Gasteiger partial charge in [-0.25, -0.2) is 0 Å². The molecule has 3 aliphatic rings. The Labute approximate surface area is 152 Å². The number of hydrogen-bond donors (Lipinski definition) is 2. The molecule has 0 aromatic carbocycles. The van der Waals surface area contributed by atoms with E-state index >= 15 is 0 Å². The fraction of sp³-hybridized carbons (Fsp3) is 0.947. The number of rotatable bonds is 5. The van der Waals surface area contributed by atoms with Gasteiger partial charge in [-0.3, -0.25) is 4.99 Å². The van der Waals surface area contributed by atoms with Gasteiger partial charge in [0.1, 0.15) is 0 Å². The van der Waals surface area contributed by atoms with E-state index < -0.39 is 0 Å². The molecule has 3 rings (SSSR count). The number of fused-ring (bicyclic) bond motifs is 1. The smallest absolute Gasteiger partial charge is 0.191 e. The molecule has 5 heteroatoms. The van der Waals surface area contributed by atoms with Gasteiger partial charge >= 0.3 is 0 Å². The van der Waals surface area contributed by atoms with Crippen LogP contribution in [-0.4, -0.2) is 48.3 Å². The summed E-state index contributed by atoms with van der Waals surface area (Å²) in [6, 6.07) is 1.05. The van der Waals surface area contributed by atoms with Gasteiger partial charge in [0.05, 0.1) is 6.10 Å². The molecule has 0 spiro atoms. The molecule has 5 unspecified atom stereocenters. The van der Waals surface area contributed by atoms with Gasteiger partial charge in [-0.15, -0.1) is 0 Å². The van der Waals surface area contributed by atoms with Crippen molar-refractivity contribution in [2.75, 3.05) is 18.9 Å². The van der Waals surface area contributed by atoms with E-state index in [0.29, 0.717) is 24.1 Å². The summed E-state index contributed by atoms with van der Waals surface area (Å²) in [5.74, 6) is 2.90. The molecule has 1 saturated heterocycles. The molecule has 5 atom stereocenters. The third-order valence-electron chi connectivity index (χ3n) is 6.08. The first kappa shape index (κ1) is 18.4. The predicted molar refractivity (Wildman–Crippen MR) is 104 cm³/mol. The van der Waals surface area contributed by atoms with Gasteiger partial charge in [0.25, 0.3) is 0 Å². The topological polar surface area (TPSA) is 45.7 Å². The van der Waals surface area contributed by atoms with Gasteiger partial charge in [0.2, 0.25) is 0 Å². The van der Waals surface area contributed by atoms with Crippen LogP contribution in [-0.2, 0) is 4.74 Å². The Kier molecular flexibility index (Phi) is 6.02. The third kappa shape index (κ3) is 3.72. The number of guanidine groups is 1. The van der Waals surface area contributed by atoms with Crippen LogP contribution in [0.5, 0.6) is 0 Å². The first-order chi connectivity index (χ1) is 11.6. The van der Waals surface area contributed by atoms with Gasteiger partial charge in [-0.2, -0.15) is 11.8 Å². The summed E-state index contributed by atoms with van der Waals surface area (Å²) in [5.41, 5.74) is 0.199. The van der Waals surface area contributed by atoms with Crippen molar-refractivity contribution in [2.45, 2.75) is 83.2 Å². The molecular weight excluding hydrogens is 318 g/mol. The van der Waals surface area contributed by atoms with E-state index in [-0.39, 0.29) is 5.41 Å². The van der Waals surface area contributed by atoms with Crippen LogP contribution in [0, 0.1) is 11.3 Å². The van der Waals surface area contributed by atoms with Crippen molar-refractivity contribution in [3.05, 3.63) is 0 Å². The summed E-state index contributed by atoms with van der Waals surface area (Å²) in [4.78, 5) is 4.74. The Balaban J connectivity index is 1.58. The minimum atomic E-state index is 0.199. The van der Waals surface area contributed by atoms with E-state index in [2.05, 4.69) is 50.1 Å². The second-order valence-corrected chi connectivity index (χ2v) is 9.67. The summed E-state index contributed by atoms with van der Waals surface area (Å²) < 4.78 is 5.93. The van der Waals surface area contributed by atoms with Gasteiger partial charge in [0.15, 0.2) is 5.96 Å². The summed E-state index contributed by atoms with van der Waals surface area (Å²) in [7, 11) is 0. The molecular formula is C19H35N3OS. The second-order valence-electron chi connectivity index (χ2n) is 8.10. The molecule has 3 fully saturated rings. The lowest BCUT2D eigenvalue weighted by atomic mass is 9.57. The zero-order chi connectivity index (χ0) is 17.2. The van der Waals surface area contributed by atoms with E-state index in [1.165, 1.54) is 37.9 Å². The molecule has 1 heterocycles. The first-order valence-corrected chi connectivity index (χ1v) is 10.9. The summed E-state index contributed by atoms with van der Waals surface area (Å²) in [6.45, 7) is 10.8. The van der Waals surface area contributed by atoms with Crippen LogP contribution < -0.4 is 10.6 Å². The number of aliphatic imine (C=N–C) groups is 1. The number of ether oxygens (including phenoxy) is 1. The Morgan fingerprint density at radius 2 is 2.04 bits per heavy atom. The van der Waals surface area contributed by atoms with Crippen LogP contribution in [0.4, 0.5) is 0 Å². The molecule has 0 radical (unpaired) electrons. The maximum atomic E-state index is 5.93. The van der Waals surface area contributed by atoms with E-state index in [1.807, 2.05) is 0 Å². The Hall–Kier alpha value is -0.420. The lowest BCUT2D eigenvalue weighted by molar-refractivity contribution is -0.106. The molecule has 0 bridgehead atoms. The normalized spacial score (nSPS) is 38.3. The van der Waals surface area contributed by atoms with Crippen LogP contribution in [0.25, 0.3) is 0 Å². The standard InChI is InChI=1S/C19H35N3OS/c1-5-20-18(21-13-8-7-9-14(12-13)24-6-2)22-16-15-10-11-23-17(15)19(16,3)4/h13-17H,5-12H2,1-4H3,(H2,20,21,22). The van der Waals surface area contributed by atoms with Crippen LogP contribution >= 0.6 is 11.8 Å². The van der Waals surface area contributed by atoms with Crippen LogP contribution in [0.15, 0.2) is 4.99 Å². The van der Waals surface area contributed by atoms with Crippen LogP contribution in [0.3, 0.4) is 0 Å². The summed E-state index contributed by atoms with van der Waals surface area (Å²) in [5, 5.41) is 8.33. The fourth-order valence-corrected chi connectivity index (χ4v) is 6.09. The molecule has 0 aromatic heterocycles. The molecule has 4 nitrogen and oxygen atoms in total. The highest BCUT2D eigenvalue weighted by Gasteiger charge is 2.59. The van der Waals surface area contributed by atoms with Crippen molar-refractivity contribution in [1.29, 1.82) is 0 Å². The average molecular weight is 354 g/mol. The molecule has 138 valence electrons. The number of thioether (sulfide) groups is 1. The highest BCUT2D eigenvalue weighted by molar-refractivity contribution is 7.99. The van der Waals surface area contributed by atoms with Gasteiger partial charge in [-0.1, -0.05) is 27.2 Å². The van der Waals surface area contributed by atoms with E-state index in [0.717, 1.165) is 24.4 Å². The van der Waals surface area contributed by atoms with Crippen LogP contribution in [0.2, 0.25) is 0 Å². The van der Waals surface area contributed by atoms with Gasteiger partial charge < -0.3 is 15.4 Å². The zero-order valence-electron chi connectivity index (χ0n) is 15.8. The number of nitrogens with zero attached hydrogens (tertiary/aromatic N) is 1. The lowest BCUT2D eigenvalue weighted by Crippen LogP contribution is -2.68. The number of nitrogens with one attached hydrogen (secondary N) is 2. The largest absolute Gasteiger partial charge is 0.377 e. The lowest BCUT2D eigenvalue weighted by Gasteiger charge is -2.55. The van der Waals surface area contributed by atoms with Crippen LogP contribution in [0.1, 0.15) is 59.8 Å². The molecule has 1 aliphatic heterocycles. The molecule has 2 saturated carbocycles. The highest BCUT2D eigenvalue weighted by Crippen LogP contribution is 2.52. The maximum Gasteiger partial charge on any atom is 0.191 e. The van der Waals surface area contributed by atoms with Crippen molar-refractivity contribution in [2.24, 2.45) is 16.3 Å². The average Bonchev–Trinajstić information content (AvgIpc) is 3.00. The monoisotopic (exact) mass is 353 g/mol. The minimum Gasteiger partial charge on any atom is -0.377 e. The molecule has 24 heavy (non-hydrogen) atoms. The quantitative estimate of drug-likeness (QED) is 0.587. The Bertz CT molecular complexity index is 452. The Morgan fingerprint density at radius 3 is 2.79 bits per heavy atom. The van der Waals surface area contributed by atoms with E-state index in [1.54, 1.807) is 0 Å².